The Balaban J connectivity index is 0.702. The van der Waals surface area contributed by atoms with Crippen LogP contribution in [0.4, 0.5) is 32.2 Å². The number of hydrogen-bond donors (Lipinski definition) is 4. The predicted molar refractivity (Wildman–Crippen MR) is 291 cm³/mol. The number of benzene rings is 4. The van der Waals surface area contributed by atoms with Gasteiger partial charge >= 0.3 is 6.01 Å². The summed E-state index contributed by atoms with van der Waals surface area (Å²) in [6.45, 7) is 8.99. The first-order chi connectivity index (χ1) is 39.4. The number of pyridine rings is 1. The van der Waals surface area contributed by atoms with Crippen LogP contribution in [0.5, 0.6) is 17.6 Å². The molecule has 4 saturated heterocycles. The summed E-state index contributed by atoms with van der Waals surface area (Å²) in [6, 6.07) is 11.3. The second-order valence-corrected chi connectivity index (χ2v) is 22.0. The van der Waals surface area contributed by atoms with Gasteiger partial charge in [0.15, 0.2) is 34.8 Å². The van der Waals surface area contributed by atoms with E-state index in [1.54, 1.807) is 13.0 Å². The molecule has 4 N–H and O–H groups in total. The molecule has 82 heavy (non-hydrogen) atoms. The number of aromatic nitrogens is 4. The standard InChI is InChI=1S/C60H59F6N9O7/c1-5-40-43(61)13-10-35-20-38(76)21-41(50(35)40)55-54(66)56-42(25-67-55)57(74-26-36-11-12-37(27-74)69-36)71-60(70-56)80-19-18-73-16-14-32(15-17-73)29-81-48-24-47(82-72-48)49(30(2)3)59(79)75-28-39(77)22-46(75)58(78)68-31(4)33-6-8-34(9-7-33)51-52(64)44(62)23-45(63)53(51)65/h1,6-10,13,20-21,23-25,30-32,36-37,39,46,49,69,76-77H,11-12,14-19,22,26-29H2,2-4H3,(H,68,78)/t31-,36?,37?,39+,46-,49+/m0/s1. The van der Waals surface area contributed by atoms with E-state index in [9.17, 15) is 37.4 Å². The van der Waals surface area contributed by atoms with Crippen LogP contribution in [0.3, 0.4) is 0 Å². The molecule has 7 heterocycles. The number of piperidine rings is 1. The molecule has 2 amide bonds. The number of ether oxygens (including phenoxy) is 2. The summed E-state index contributed by atoms with van der Waals surface area (Å²) in [5.41, 5.74) is -0.661. The smallest absolute Gasteiger partial charge is 0.319 e. The lowest BCUT2D eigenvalue weighted by Crippen LogP contribution is -2.51. The molecule has 7 aromatic rings. The van der Waals surface area contributed by atoms with Crippen molar-refractivity contribution < 1.29 is 60.1 Å². The van der Waals surface area contributed by atoms with Crippen molar-refractivity contribution in [3.05, 3.63) is 119 Å². The Kier molecular flexibility index (Phi) is 15.7. The van der Waals surface area contributed by atoms with E-state index in [1.807, 2.05) is 13.8 Å². The van der Waals surface area contributed by atoms with Gasteiger partial charge in [0.25, 0.3) is 5.88 Å². The van der Waals surface area contributed by atoms with Gasteiger partial charge < -0.3 is 44.6 Å². The van der Waals surface area contributed by atoms with Crippen molar-refractivity contribution in [2.45, 2.75) is 89.1 Å². The van der Waals surface area contributed by atoms with Crippen molar-refractivity contribution >= 4 is 39.3 Å². The number of carbonyl (C=O) groups is 2. The Labute approximate surface area is 467 Å². The molecular weight excluding hydrogens is 1070 g/mol. The van der Waals surface area contributed by atoms with E-state index in [0.717, 1.165) is 38.8 Å². The molecule has 22 heteroatoms. The summed E-state index contributed by atoms with van der Waals surface area (Å²) >= 11 is 0. The highest BCUT2D eigenvalue weighted by atomic mass is 19.2. The van der Waals surface area contributed by atoms with Crippen LogP contribution in [0, 0.1) is 59.1 Å². The lowest BCUT2D eigenvalue weighted by Gasteiger charge is -2.34. The first kappa shape index (κ1) is 55.9. The molecule has 0 spiro atoms. The number of halogens is 6. The first-order valence-electron chi connectivity index (χ1n) is 27.4. The average molecular weight is 1130 g/mol. The van der Waals surface area contributed by atoms with E-state index in [0.29, 0.717) is 48.4 Å². The van der Waals surface area contributed by atoms with Gasteiger partial charge in [-0.05, 0) is 97.4 Å². The number of phenols is 1. The zero-order valence-electron chi connectivity index (χ0n) is 45.1. The maximum Gasteiger partial charge on any atom is 0.319 e. The maximum atomic E-state index is 17.1. The lowest BCUT2D eigenvalue weighted by atomic mass is 9.91. The van der Waals surface area contributed by atoms with E-state index in [1.165, 1.54) is 59.6 Å². The van der Waals surface area contributed by atoms with Crippen molar-refractivity contribution in [1.29, 1.82) is 0 Å². The maximum absolute atomic E-state index is 17.1. The lowest BCUT2D eigenvalue weighted by molar-refractivity contribution is -0.141. The molecule has 2 bridgehead atoms. The Morgan fingerprint density at radius 2 is 1.60 bits per heavy atom. The average Bonchev–Trinajstić information content (AvgIpc) is 3.83. The number of β-amino-alcohol motifs (C(OH)–C–C–N with tert-alkyl or cyclic N) is 1. The molecule has 428 valence electrons. The number of nitrogens with zero attached hydrogens (tertiary/aromatic N) is 7. The van der Waals surface area contributed by atoms with Crippen LogP contribution in [0.25, 0.3) is 44.1 Å². The van der Waals surface area contributed by atoms with Gasteiger partial charge in [-0.1, -0.05) is 50.1 Å². The van der Waals surface area contributed by atoms with E-state index < -0.39 is 76.4 Å². The minimum Gasteiger partial charge on any atom is -0.508 e. The number of piperazine rings is 1. The van der Waals surface area contributed by atoms with Crippen LogP contribution >= 0.6 is 0 Å². The molecule has 4 aliphatic rings. The number of terminal acetylenes is 1. The fourth-order valence-corrected chi connectivity index (χ4v) is 11.9. The summed E-state index contributed by atoms with van der Waals surface area (Å²) in [4.78, 5) is 47.7. The van der Waals surface area contributed by atoms with Gasteiger partial charge in [0.2, 0.25) is 11.8 Å². The Morgan fingerprint density at radius 1 is 0.878 bits per heavy atom. The van der Waals surface area contributed by atoms with Gasteiger partial charge in [-0.25, -0.2) is 26.3 Å². The molecule has 11 rings (SSSR count). The number of nitrogens with one attached hydrogen (secondary N) is 2. The largest absolute Gasteiger partial charge is 0.508 e. The van der Waals surface area contributed by atoms with Crippen LogP contribution in [0.1, 0.15) is 81.7 Å². The molecule has 0 saturated carbocycles. The number of aromatic hydroxyl groups is 1. The number of fused-ring (bicyclic) bond motifs is 4. The second-order valence-electron chi connectivity index (χ2n) is 22.0. The molecule has 4 aromatic carbocycles. The minimum atomic E-state index is -1.54. The first-order valence-corrected chi connectivity index (χ1v) is 27.4. The molecule has 6 atom stereocenters. The zero-order valence-corrected chi connectivity index (χ0v) is 45.1. The topological polar surface area (TPSA) is 192 Å². The Hall–Kier alpha value is -8.00. The fraction of sp³-hybridized carbons (Fsp3) is 0.400. The third-order valence-corrected chi connectivity index (χ3v) is 16.2. The van der Waals surface area contributed by atoms with Crippen molar-refractivity contribution in [3.63, 3.8) is 0 Å². The summed E-state index contributed by atoms with van der Waals surface area (Å²) in [5, 5.41) is 33.0. The zero-order chi connectivity index (χ0) is 57.7. The van der Waals surface area contributed by atoms with Gasteiger partial charge in [-0.15, -0.1) is 6.42 Å². The number of carbonyl (C=O) groups excluding carboxylic acids is 2. The van der Waals surface area contributed by atoms with Crippen molar-refractivity contribution in [3.8, 4) is 52.4 Å². The molecular formula is C60H59F6N9O7. The number of aliphatic hydroxyl groups excluding tert-OH is 1. The van der Waals surface area contributed by atoms with Gasteiger partial charge in [-0.2, -0.15) is 9.97 Å². The highest BCUT2D eigenvalue weighted by Gasteiger charge is 2.44. The number of phenolic OH excluding ortho intramolecular Hbond substituents is 1. The van der Waals surface area contributed by atoms with Gasteiger partial charge in [-0.3, -0.25) is 19.5 Å². The predicted octanol–water partition coefficient (Wildman–Crippen LogP) is 8.71. The summed E-state index contributed by atoms with van der Waals surface area (Å²) in [5.74, 6) is -6.56. The van der Waals surface area contributed by atoms with Gasteiger partial charge in [0.05, 0.1) is 35.3 Å². The number of aliphatic hydroxyl groups is 1. The van der Waals surface area contributed by atoms with Crippen LogP contribution in [-0.2, 0) is 9.59 Å². The van der Waals surface area contributed by atoms with Crippen molar-refractivity contribution in [2.24, 2.45) is 11.8 Å². The molecule has 4 aliphatic heterocycles. The summed E-state index contributed by atoms with van der Waals surface area (Å²) in [7, 11) is 0. The molecule has 16 nitrogen and oxygen atoms in total. The number of rotatable bonds is 16. The van der Waals surface area contributed by atoms with Crippen LogP contribution in [0.2, 0.25) is 0 Å². The van der Waals surface area contributed by atoms with E-state index in [-0.39, 0.29) is 106 Å². The number of hydrogen-bond acceptors (Lipinski definition) is 14. The summed E-state index contributed by atoms with van der Waals surface area (Å²) in [6.07, 6.45) is 9.80. The van der Waals surface area contributed by atoms with Gasteiger partial charge in [0, 0.05) is 74.0 Å². The second kappa shape index (κ2) is 23.1. The quantitative estimate of drug-likeness (QED) is 0.0408. The normalized spacial score (nSPS) is 20.2. The Morgan fingerprint density at radius 3 is 2.29 bits per heavy atom. The highest BCUT2D eigenvalue weighted by molar-refractivity contribution is 6.03. The molecule has 4 fully saturated rings. The number of anilines is 1. The monoisotopic (exact) mass is 1130 g/mol. The third-order valence-electron chi connectivity index (χ3n) is 16.2. The molecule has 2 unspecified atom stereocenters. The number of likely N-dealkylation sites (tertiary alicyclic amines) is 2. The SMILES string of the molecule is C#Cc1c(F)ccc2cc(O)cc(-c3ncc4c(N5CC6CCC(C5)N6)nc(OCCN5CCC(COc6cc([C@H](C(=O)N7C[C@H](O)C[C@H]7C(=O)N[C@@H](C)c7ccc(-c8c(F)c(F)cc(F)c8F)cc7)C(C)C)on6)CC5)nc4c3F)c12. The van der Waals surface area contributed by atoms with E-state index in [4.69, 9.17) is 25.4 Å². The van der Waals surface area contributed by atoms with Crippen molar-refractivity contribution in [2.75, 3.05) is 57.4 Å². The Bertz CT molecular complexity index is 3590. The summed E-state index contributed by atoms with van der Waals surface area (Å²) < 4.78 is 107. The van der Waals surface area contributed by atoms with Crippen LogP contribution < -0.4 is 25.0 Å². The highest BCUT2D eigenvalue weighted by Crippen LogP contribution is 2.40. The van der Waals surface area contributed by atoms with Crippen LogP contribution in [0.15, 0.2) is 71.4 Å². The fourth-order valence-electron chi connectivity index (χ4n) is 11.9. The minimum absolute atomic E-state index is 0.0158. The molecule has 0 aliphatic carbocycles. The van der Waals surface area contributed by atoms with E-state index in [2.05, 4.69) is 41.5 Å². The number of amides is 2. The van der Waals surface area contributed by atoms with E-state index >= 15 is 8.78 Å². The van der Waals surface area contributed by atoms with Crippen LogP contribution in [-0.4, -0.2) is 129 Å². The van der Waals surface area contributed by atoms with Gasteiger partial charge in [0.1, 0.15) is 47.2 Å². The van der Waals surface area contributed by atoms with Crippen molar-refractivity contribution in [1.82, 2.24) is 40.5 Å². The molecule has 0 radical (unpaired) electrons. The molecule has 3 aromatic heterocycles. The third kappa shape index (κ3) is 11.1.